The van der Waals surface area contributed by atoms with Crippen molar-refractivity contribution in [2.75, 3.05) is 12.3 Å². The number of nitrogens with two attached hydrogens (primary N) is 2. The Hall–Kier alpha value is -1.88. The van der Waals surface area contributed by atoms with E-state index in [0.29, 0.717) is 5.70 Å². The molecule has 30 heavy (non-hydrogen) atoms. The van der Waals surface area contributed by atoms with E-state index < -0.39 is 38.5 Å². The molecule has 4 unspecified atom stereocenters. The van der Waals surface area contributed by atoms with Gasteiger partial charge in [-0.05, 0) is 44.1 Å². The Morgan fingerprint density at radius 3 is 2.87 bits per heavy atom. The van der Waals surface area contributed by atoms with Crippen LogP contribution in [0.25, 0.3) is 0 Å². The Morgan fingerprint density at radius 1 is 1.53 bits per heavy atom. The number of nitrogens with zero attached hydrogens (tertiary/aromatic N) is 2. The molecule has 2 aliphatic rings. The highest BCUT2D eigenvalue weighted by Crippen LogP contribution is 2.38. The average molecular weight is 443 g/mol. The fraction of sp³-hybridized carbons (Fsp3) is 0.667. The van der Waals surface area contributed by atoms with E-state index >= 15 is 0 Å². The molecule has 1 aliphatic carbocycles. The summed E-state index contributed by atoms with van der Waals surface area (Å²) in [5, 5.41) is 10.6. The number of aliphatic hydroxyl groups is 1. The first-order valence-electron chi connectivity index (χ1n) is 9.74. The van der Waals surface area contributed by atoms with Gasteiger partial charge in [-0.2, -0.15) is 4.98 Å². The molecule has 1 aromatic heterocycles. The highest BCUT2D eigenvalue weighted by Gasteiger charge is 2.50. The molecule has 11 nitrogen and oxygen atoms in total. The van der Waals surface area contributed by atoms with Crippen LogP contribution >= 0.6 is 8.25 Å². The minimum atomic E-state index is -3.01. The van der Waals surface area contributed by atoms with Gasteiger partial charge in [-0.3, -0.25) is 4.57 Å². The summed E-state index contributed by atoms with van der Waals surface area (Å²) in [7, 11) is -3.01. The van der Waals surface area contributed by atoms with Gasteiger partial charge in [-0.1, -0.05) is 6.58 Å². The van der Waals surface area contributed by atoms with Gasteiger partial charge in [0.25, 0.3) is 0 Å². The SMILES string of the molecule is C=C(N)C1CCC(C(C)OC[C@H]2O[C@@H](n3ccc(N)nc3=O)[C@H](O)[C@@H]2O[P+](=O)O)C1. The van der Waals surface area contributed by atoms with Gasteiger partial charge in [-0.15, -0.1) is 9.42 Å². The van der Waals surface area contributed by atoms with Crippen LogP contribution in [0.5, 0.6) is 0 Å². The first-order valence-corrected chi connectivity index (χ1v) is 10.9. The van der Waals surface area contributed by atoms with Crippen molar-refractivity contribution in [1.29, 1.82) is 0 Å². The molecule has 0 aromatic carbocycles. The minimum absolute atomic E-state index is 0.00442. The molecule has 1 aromatic rings. The Labute approximate surface area is 174 Å². The van der Waals surface area contributed by atoms with E-state index in [-0.39, 0.29) is 30.4 Å². The molecular weight excluding hydrogens is 415 g/mol. The van der Waals surface area contributed by atoms with Crippen molar-refractivity contribution in [1.82, 2.24) is 9.55 Å². The van der Waals surface area contributed by atoms with E-state index in [1.807, 2.05) is 6.92 Å². The summed E-state index contributed by atoms with van der Waals surface area (Å²) in [4.78, 5) is 24.9. The highest BCUT2D eigenvalue weighted by molar-refractivity contribution is 7.32. The average Bonchev–Trinajstić information content (AvgIpc) is 3.27. The molecule has 8 atom stereocenters. The Balaban J connectivity index is 1.68. The minimum Gasteiger partial charge on any atom is -0.402 e. The van der Waals surface area contributed by atoms with Crippen LogP contribution in [0.1, 0.15) is 32.4 Å². The zero-order chi connectivity index (χ0) is 22.0. The lowest BCUT2D eigenvalue weighted by Crippen LogP contribution is -2.37. The molecule has 0 spiro atoms. The van der Waals surface area contributed by atoms with Gasteiger partial charge in [0.05, 0.1) is 12.7 Å². The zero-order valence-corrected chi connectivity index (χ0v) is 17.6. The lowest BCUT2D eigenvalue weighted by atomic mass is 9.99. The smallest absolute Gasteiger partial charge is 0.402 e. The number of rotatable bonds is 8. The second kappa shape index (κ2) is 9.51. The summed E-state index contributed by atoms with van der Waals surface area (Å²) < 4.78 is 29.0. The van der Waals surface area contributed by atoms with Crippen LogP contribution in [-0.2, 0) is 18.6 Å². The van der Waals surface area contributed by atoms with Crippen molar-refractivity contribution >= 4 is 14.1 Å². The predicted molar refractivity (Wildman–Crippen MR) is 107 cm³/mol. The van der Waals surface area contributed by atoms with E-state index in [1.165, 1.54) is 12.3 Å². The molecule has 1 saturated carbocycles. The van der Waals surface area contributed by atoms with Crippen LogP contribution in [0.2, 0.25) is 0 Å². The van der Waals surface area contributed by atoms with E-state index in [1.54, 1.807) is 0 Å². The van der Waals surface area contributed by atoms with Crippen molar-refractivity contribution in [3.8, 4) is 0 Å². The van der Waals surface area contributed by atoms with Gasteiger partial charge in [0.1, 0.15) is 18.0 Å². The summed E-state index contributed by atoms with van der Waals surface area (Å²) in [5.74, 6) is 0.586. The van der Waals surface area contributed by atoms with Crippen molar-refractivity contribution in [2.24, 2.45) is 17.6 Å². The maximum Gasteiger partial charge on any atom is 0.695 e. The fourth-order valence-electron chi connectivity index (χ4n) is 4.10. The quantitative estimate of drug-likeness (QED) is 0.412. The Kier molecular flexibility index (Phi) is 7.22. The Morgan fingerprint density at radius 2 is 2.27 bits per heavy atom. The molecule has 166 valence electrons. The van der Waals surface area contributed by atoms with Gasteiger partial charge in [0.15, 0.2) is 12.3 Å². The monoisotopic (exact) mass is 443 g/mol. The summed E-state index contributed by atoms with van der Waals surface area (Å²) in [6.45, 7) is 5.76. The number of anilines is 1. The number of allylic oxidation sites excluding steroid dienone is 1. The molecule has 1 aliphatic heterocycles. The Bertz CT molecular complexity index is 850. The molecule has 12 heteroatoms. The second-order valence-electron chi connectivity index (χ2n) is 7.79. The maximum absolute atomic E-state index is 12.1. The van der Waals surface area contributed by atoms with E-state index in [9.17, 15) is 19.4 Å². The van der Waals surface area contributed by atoms with Gasteiger partial charge in [0, 0.05) is 16.5 Å². The van der Waals surface area contributed by atoms with Crippen molar-refractivity contribution in [3.05, 3.63) is 35.0 Å². The van der Waals surface area contributed by atoms with Gasteiger partial charge in [-0.25, -0.2) is 4.79 Å². The van der Waals surface area contributed by atoms with Crippen LogP contribution in [0, 0.1) is 11.8 Å². The lowest BCUT2D eigenvalue weighted by Gasteiger charge is -2.23. The first-order chi connectivity index (χ1) is 14.2. The van der Waals surface area contributed by atoms with Crippen LogP contribution in [-0.4, -0.2) is 50.6 Å². The van der Waals surface area contributed by atoms with E-state index in [0.717, 1.165) is 23.8 Å². The number of hydrogen-bond donors (Lipinski definition) is 4. The number of aromatic nitrogens is 2. The molecule has 2 fully saturated rings. The molecule has 0 bridgehead atoms. The first kappa shape index (κ1) is 22.8. The molecule has 2 heterocycles. The summed E-state index contributed by atoms with van der Waals surface area (Å²) in [6, 6.07) is 1.38. The molecule has 1 saturated heterocycles. The predicted octanol–water partition coefficient (Wildman–Crippen LogP) is 0.412. The molecule has 3 rings (SSSR count). The molecular formula is C18H28N4O7P+. The third kappa shape index (κ3) is 5.05. The third-order valence-electron chi connectivity index (χ3n) is 5.83. The molecule has 0 amide bonds. The largest absolute Gasteiger partial charge is 0.695 e. The second-order valence-corrected chi connectivity index (χ2v) is 8.48. The number of nitrogen functional groups attached to an aromatic ring is 1. The van der Waals surface area contributed by atoms with Crippen molar-refractivity contribution < 1.29 is 28.6 Å². The summed E-state index contributed by atoms with van der Waals surface area (Å²) in [6.07, 6.45) is -0.596. The maximum atomic E-state index is 12.1. The number of aliphatic hydroxyl groups excluding tert-OH is 1. The fourth-order valence-corrected chi connectivity index (χ4v) is 4.57. The number of hydrogen-bond acceptors (Lipinski definition) is 9. The summed E-state index contributed by atoms with van der Waals surface area (Å²) >= 11 is 0. The van der Waals surface area contributed by atoms with Crippen LogP contribution in [0.4, 0.5) is 5.82 Å². The zero-order valence-electron chi connectivity index (χ0n) is 16.7. The summed E-state index contributed by atoms with van der Waals surface area (Å²) in [5.41, 5.74) is 11.3. The van der Waals surface area contributed by atoms with Gasteiger partial charge in [0.2, 0.25) is 0 Å². The van der Waals surface area contributed by atoms with Gasteiger partial charge >= 0.3 is 13.9 Å². The van der Waals surface area contributed by atoms with E-state index in [2.05, 4.69) is 11.6 Å². The molecule has 6 N–H and O–H groups in total. The van der Waals surface area contributed by atoms with Crippen LogP contribution in [0.15, 0.2) is 29.3 Å². The van der Waals surface area contributed by atoms with Crippen molar-refractivity contribution in [2.45, 2.75) is 56.8 Å². The van der Waals surface area contributed by atoms with Gasteiger partial charge < -0.3 is 26.0 Å². The third-order valence-corrected chi connectivity index (χ3v) is 6.26. The van der Waals surface area contributed by atoms with E-state index in [4.69, 9.17) is 25.5 Å². The highest BCUT2D eigenvalue weighted by atomic mass is 31.1. The lowest BCUT2D eigenvalue weighted by molar-refractivity contribution is -0.0869. The van der Waals surface area contributed by atoms with Crippen LogP contribution in [0.3, 0.4) is 0 Å². The standard InChI is InChI=1S/C18H27N4O7P/c1-9(19)11-3-4-12(7-11)10(2)27-8-13-16(29-30(25)26)15(23)17(28-13)22-6-5-14(20)21-18(22)24/h5-6,10-13,15-17,23H,1,3-4,7-8,19H2,2H3,(H2-,20,21,24,25,26)/p+1/t10?,11?,12?,13-,15-,16-,17-/m1/s1. The normalized spacial score (nSPS) is 32.8. The van der Waals surface area contributed by atoms with Crippen molar-refractivity contribution in [3.63, 3.8) is 0 Å². The number of ether oxygens (including phenoxy) is 2. The molecule has 0 radical (unpaired) electrons. The topological polar surface area (TPSA) is 172 Å². The van der Waals surface area contributed by atoms with Crippen LogP contribution < -0.4 is 17.2 Å².